The maximum Gasteiger partial charge on any atom is 0.203 e. The van der Waals surface area contributed by atoms with Crippen LogP contribution in [-0.2, 0) is 14.2 Å². The number of hydrogen-bond acceptors (Lipinski definition) is 15. The third kappa shape index (κ3) is 5.15. The maximum absolute atomic E-state index is 13.8. The fourth-order valence-electron chi connectivity index (χ4n) is 5.10. The second kappa shape index (κ2) is 11.3. The summed E-state index contributed by atoms with van der Waals surface area (Å²) in [5, 5.41) is 102. The number of phenols is 4. The number of hydrogen-bond donors (Lipinski definition) is 10. The van der Waals surface area contributed by atoms with Gasteiger partial charge in [0.25, 0.3) is 0 Å². The highest BCUT2D eigenvalue weighted by molar-refractivity contribution is 5.87. The van der Waals surface area contributed by atoms with Gasteiger partial charge in [0, 0.05) is 17.7 Å². The molecule has 1 aromatic heterocycles. The molecule has 2 saturated heterocycles. The van der Waals surface area contributed by atoms with Gasteiger partial charge < -0.3 is 69.7 Å². The summed E-state index contributed by atoms with van der Waals surface area (Å²) in [4.78, 5) is 13.8. The molecule has 228 valence electrons. The van der Waals surface area contributed by atoms with E-state index in [1.165, 1.54) is 13.0 Å². The fraction of sp³-hybridized carbons (Fsp3) is 0.444. The molecule has 2 fully saturated rings. The molecule has 2 aromatic carbocycles. The van der Waals surface area contributed by atoms with Crippen LogP contribution in [0.2, 0.25) is 0 Å². The summed E-state index contributed by atoms with van der Waals surface area (Å²) in [5.74, 6) is -2.55. The van der Waals surface area contributed by atoms with Gasteiger partial charge in [-0.1, -0.05) is 0 Å². The van der Waals surface area contributed by atoms with E-state index in [0.717, 1.165) is 24.3 Å². The lowest BCUT2D eigenvalue weighted by Gasteiger charge is -2.42. The lowest BCUT2D eigenvalue weighted by Crippen LogP contribution is -2.59. The van der Waals surface area contributed by atoms with Crippen LogP contribution in [0.4, 0.5) is 0 Å². The Labute approximate surface area is 236 Å². The van der Waals surface area contributed by atoms with Crippen LogP contribution in [0.3, 0.4) is 0 Å². The van der Waals surface area contributed by atoms with E-state index in [4.69, 9.17) is 18.6 Å². The van der Waals surface area contributed by atoms with Gasteiger partial charge in [-0.3, -0.25) is 4.79 Å². The third-order valence-electron chi connectivity index (χ3n) is 7.46. The summed E-state index contributed by atoms with van der Waals surface area (Å²) in [5.41, 5.74) is -1.71. The van der Waals surface area contributed by atoms with Gasteiger partial charge >= 0.3 is 0 Å². The van der Waals surface area contributed by atoms with Crippen molar-refractivity contribution in [2.75, 3.05) is 6.61 Å². The number of fused-ring (bicyclic) bond motifs is 1. The predicted molar refractivity (Wildman–Crippen MR) is 139 cm³/mol. The van der Waals surface area contributed by atoms with Crippen LogP contribution in [0.25, 0.3) is 22.3 Å². The number of phenolic OH excluding ortho intramolecular Hbond substituents is 4. The van der Waals surface area contributed by atoms with Crippen LogP contribution < -0.4 is 5.43 Å². The van der Waals surface area contributed by atoms with E-state index in [2.05, 4.69) is 0 Å². The summed E-state index contributed by atoms with van der Waals surface area (Å²) >= 11 is 0. The van der Waals surface area contributed by atoms with Crippen molar-refractivity contribution >= 4 is 11.0 Å². The highest BCUT2D eigenvalue weighted by Gasteiger charge is 2.48. The van der Waals surface area contributed by atoms with E-state index in [9.17, 15) is 55.9 Å². The van der Waals surface area contributed by atoms with E-state index in [1.54, 1.807) is 0 Å². The molecule has 10 atom stereocenters. The van der Waals surface area contributed by atoms with Crippen molar-refractivity contribution in [3.05, 3.63) is 46.1 Å². The number of aliphatic hydroxyl groups is 6. The molecule has 10 N–H and O–H groups in total. The molecule has 3 heterocycles. The SMILES string of the molecule is C[C@@H]1O[C@@H](OC[C@H]2O[C@@H](c3c(-c4ccc(O)c(O)c4)oc4cc(O)cc(O)c4c3=O)[C@H](O)[C@@H](O)[C@@H]2O)[C@H](O)[C@H](O)[C@H]1O. The zero-order valence-electron chi connectivity index (χ0n) is 21.9. The summed E-state index contributed by atoms with van der Waals surface area (Å²) in [6.07, 6.45) is -16.0. The van der Waals surface area contributed by atoms with Crippen molar-refractivity contribution in [1.82, 2.24) is 0 Å². The molecule has 42 heavy (non-hydrogen) atoms. The standard InChI is InChI=1S/C27H30O15/c1-8-18(32)21(35)24(38)27(40-8)39-7-15-19(33)22(36)23(37)26(42-15)17-20(34)16-13(31)5-10(28)6-14(16)41-25(17)9-2-3-11(29)12(30)4-9/h2-6,8,15,18-19,21-24,26-33,35-38H,7H2,1H3/t8-,15+,18-,19+,21+,22-,23+,24+,26-,27+/m0/s1. The quantitative estimate of drug-likeness (QED) is 0.153. The van der Waals surface area contributed by atoms with Crippen molar-refractivity contribution < 1.29 is 69.7 Å². The molecule has 0 aliphatic carbocycles. The van der Waals surface area contributed by atoms with E-state index in [0.29, 0.717) is 0 Å². The summed E-state index contributed by atoms with van der Waals surface area (Å²) in [6.45, 7) is 0.821. The highest BCUT2D eigenvalue weighted by atomic mass is 16.7. The van der Waals surface area contributed by atoms with E-state index < -0.39 is 107 Å². The molecule has 2 aliphatic rings. The number of aliphatic hydroxyl groups excluding tert-OH is 6. The Morgan fingerprint density at radius 2 is 1.45 bits per heavy atom. The Kier molecular flexibility index (Phi) is 8.06. The van der Waals surface area contributed by atoms with Gasteiger partial charge in [-0.2, -0.15) is 0 Å². The smallest absolute Gasteiger partial charge is 0.203 e. The number of rotatable bonds is 5. The Bertz CT molecular complexity index is 1520. The largest absolute Gasteiger partial charge is 0.508 e. The second-order valence-corrected chi connectivity index (χ2v) is 10.3. The van der Waals surface area contributed by atoms with Crippen LogP contribution in [0.15, 0.2) is 39.5 Å². The molecule has 0 amide bonds. The Morgan fingerprint density at radius 1 is 0.762 bits per heavy atom. The van der Waals surface area contributed by atoms with Crippen LogP contribution >= 0.6 is 0 Å². The zero-order chi connectivity index (χ0) is 30.6. The number of ether oxygens (including phenoxy) is 3. The van der Waals surface area contributed by atoms with Gasteiger partial charge in [0.1, 0.15) is 77.1 Å². The minimum Gasteiger partial charge on any atom is -0.508 e. The molecular formula is C27H30O15. The van der Waals surface area contributed by atoms with Crippen LogP contribution in [-0.4, -0.2) is 113 Å². The van der Waals surface area contributed by atoms with Gasteiger partial charge in [-0.15, -0.1) is 0 Å². The first kappa shape index (κ1) is 30.0. The highest BCUT2D eigenvalue weighted by Crippen LogP contribution is 2.41. The fourth-order valence-corrected chi connectivity index (χ4v) is 5.10. The molecule has 5 rings (SSSR count). The molecule has 15 nitrogen and oxygen atoms in total. The summed E-state index contributed by atoms with van der Waals surface area (Å²) in [7, 11) is 0. The second-order valence-electron chi connectivity index (χ2n) is 10.3. The van der Waals surface area contributed by atoms with Crippen molar-refractivity contribution in [2.45, 2.75) is 68.1 Å². The molecule has 0 spiro atoms. The molecule has 0 radical (unpaired) electrons. The van der Waals surface area contributed by atoms with Gasteiger partial charge in [0.15, 0.2) is 17.8 Å². The first-order valence-corrected chi connectivity index (χ1v) is 12.9. The first-order valence-electron chi connectivity index (χ1n) is 12.9. The predicted octanol–water partition coefficient (Wildman–Crippen LogP) is -1.35. The first-order chi connectivity index (χ1) is 19.8. The summed E-state index contributed by atoms with van der Waals surface area (Å²) < 4.78 is 22.5. The van der Waals surface area contributed by atoms with E-state index in [-0.39, 0.29) is 16.9 Å². The van der Waals surface area contributed by atoms with Gasteiger partial charge in [0.2, 0.25) is 5.43 Å². The molecule has 3 aromatic rings. The minimum absolute atomic E-state index is 0.00777. The molecule has 0 saturated carbocycles. The molecule has 15 heteroatoms. The topological polar surface area (TPSA) is 260 Å². The van der Waals surface area contributed by atoms with Gasteiger partial charge in [0.05, 0.1) is 18.3 Å². The van der Waals surface area contributed by atoms with Crippen molar-refractivity contribution in [3.63, 3.8) is 0 Å². The van der Waals surface area contributed by atoms with Crippen LogP contribution in [0.1, 0.15) is 18.6 Å². The molecule has 2 aliphatic heterocycles. The van der Waals surface area contributed by atoms with Crippen molar-refractivity contribution in [2.24, 2.45) is 0 Å². The minimum atomic E-state index is -1.95. The lowest BCUT2D eigenvalue weighted by atomic mass is 9.89. The Morgan fingerprint density at radius 3 is 2.14 bits per heavy atom. The van der Waals surface area contributed by atoms with Crippen LogP contribution in [0, 0.1) is 0 Å². The van der Waals surface area contributed by atoms with Crippen molar-refractivity contribution in [1.29, 1.82) is 0 Å². The average Bonchev–Trinajstić information content (AvgIpc) is 2.94. The van der Waals surface area contributed by atoms with Gasteiger partial charge in [-0.05, 0) is 25.1 Å². The third-order valence-corrected chi connectivity index (χ3v) is 7.46. The molecule has 0 unspecified atom stereocenters. The lowest BCUT2D eigenvalue weighted by molar-refractivity contribution is -0.308. The number of benzene rings is 2. The van der Waals surface area contributed by atoms with E-state index >= 15 is 0 Å². The zero-order valence-corrected chi connectivity index (χ0v) is 21.9. The number of aromatic hydroxyl groups is 4. The Hall–Kier alpha value is -3.51. The maximum atomic E-state index is 13.8. The van der Waals surface area contributed by atoms with Gasteiger partial charge in [-0.25, -0.2) is 0 Å². The molecular weight excluding hydrogens is 564 g/mol. The average molecular weight is 595 g/mol. The summed E-state index contributed by atoms with van der Waals surface area (Å²) in [6, 6.07) is 5.31. The van der Waals surface area contributed by atoms with Crippen LogP contribution in [0.5, 0.6) is 23.0 Å². The molecule has 0 bridgehead atoms. The normalized spacial score (nSPS) is 33.6. The van der Waals surface area contributed by atoms with E-state index in [1.807, 2.05) is 0 Å². The monoisotopic (exact) mass is 594 g/mol. The Balaban J connectivity index is 1.56. The van der Waals surface area contributed by atoms with Crippen molar-refractivity contribution in [3.8, 4) is 34.3 Å².